The average molecular weight is 323 g/mol. The fraction of sp³-hybridized carbons (Fsp3) is 0.846. The molecule has 0 aromatic carbocycles. The van der Waals surface area contributed by atoms with E-state index in [4.69, 9.17) is 5.11 Å². The lowest BCUT2D eigenvalue weighted by atomic mass is 9.87. The van der Waals surface area contributed by atoms with Crippen LogP contribution in [0.15, 0.2) is 0 Å². The molecule has 1 spiro atoms. The summed E-state index contributed by atoms with van der Waals surface area (Å²) in [6.07, 6.45) is 6.44. The number of rotatable bonds is 4. The maximum absolute atomic E-state index is 11.7. The van der Waals surface area contributed by atoms with Crippen molar-refractivity contribution in [3.8, 4) is 0 Å². The number of nitrogens with zero attached hydrogens (tertiary/aromatic N) is 1. The molecule has 5 nitrogen and oxygen atoms in total. The third-order valence-electron chi connectivity index (χ3n) is 3.90. The van der Waals surface area contributed by atoms with Gasteiger partial charge in [0.05, 0.1) is 6.54 Å². The van der Waals surface area contributed by atoms with E-state index in [0.717, 1.165) is 18.8 Å². The summed E-state index contributed by atoms with van der Waals surface area (Å²) in [7, 11) is 0. The number of carbonyl (C=O) groups excluding carboxylic acids is 1. The van der Waals surface area contributed by atoms with E-state index in [1.54, 1.807) is 0 Å². The van der Waals surface area contributed by atoms with Gasteiger partial charge in [0.2, 0.25) is 5.91 Å². The van der Waals surface area contributed by atoms with Crippen molar-refractivity contribution in [3.05, 3.63) is 0 Å². The second-order valence-corrected chi connectivity index (χ2v) is 7.04. The molecule has 1 heterocycles. The molecule has 0 radical (unpaired) electrons. The van der Waals surface area contributed by atoms with E-state index >= 15 is 0 Å². The molecule has 0 unspecified atom stereocenters. The molecule has 1 saturated carbocycles. The fourth-order valence-electron chi connectivity index (χ4n) is 2.99. The number of carbonyl (C=O) groups is 2. The molecule has 0 aromatic rings. The van der Waals surface area contributed by atoms with Gasteiger partial charge in [0.25, 0.3) is 0 Å². The number of halogens is 1. The van der Waals surface area contributed by atoms with Crippen LogP contribution < -0.4 is 5.32 Å². The highest BCUT2D eigenvalue weighted by Crippen LogP contribution is 2.42. The Bertz CT molecular complexity index is 343. The van der Waals surface area contributed by atoms with E-state index in [2.05, 4.69) is 22.0 Å². The lowest BCUT2D eigenvalue weighted by Gasteiger charge is -2.44. The monoisotopic (exact) mass is 322 g/mol. The first-order valence-corrected chi connectivity index (χ1v) is 7.93. The van der Waals surface area contributed by atoms with Gasteiger partial charge < -0.3 is 10.4 Å². The molecule has 20 heavy (non-hydrogen) atoms. The van der Waals surface area contributed by atoms with E-state index in [0.29, 0.717) is 11.3 Å². The number of hydrogen-bond donors (Lipinski definition) is 2. The highest BCUT2D eigenvalue weighted by atomic mass is 35.5. The zero-order chi connectivity index (χ0) is 13.7. The molecule has 1 saturated heterocycles. The molecule has 0 bridgehead atoms. The normalized spacial score (nSPS) is 22.0. The first-order chi connectivity index (χ1) is 9.10. The molecule has 0 aromatic heterocycles. The Labute approximate surface area is 130 Å². The second-order valence-electron chi connectivity index (χ2n) is 5.47. The maximum atomic E-state index is 11.7. The van der Waals surface area contributed by atoms with Crippen LogP contribution in [0.1, 0.15) is 32.1 Å². The molecule has 7 heteroatoms. The summed E-state index contributed by atoms with van der Waals surface area (Å²) in [5, 5.41) is 11.0. The minimum absolute atomic E-state index is 0. The number of aliphatic carboxylic acids is 1. The van der Waals surface area contributed by atoms with Gasteiger partial charge in [-0.25, -0.2) is 0 Å². The summed E-state index contributed by atoms with van der Waals surface area (Å²) in [5.41, 5.74) is 0. The van der Waals surface area contributed by atoms with E-state index < -0.39 is 5.97 Å². The Morgan fingerprint density at radius 1 is 1.25 bits per heavy atom. The smallest absolute Gasteiger partial charge is 0.322 e. The van der Waals surface area contributed by atoms with Crippen molar-refractivity contribution < 1.29 is 14.7 Å². The van der Waals surface area contributed by atoms with Crippen molar-refractivity contribution >= 4 is 36.0 Å². The molecule has 116 valence electrons. The van der Waals surface area contributed by atoms with Crippen LogP contribution in [0.5, 0.6) is 0 Å². The highest BCUT2D eigenvalue weighted by Gasteiger charge is 2.37. The predicted molar refractivity (Wildman–Crippen MR) is 82.6 cm³/mol. The maximum Gasteiger partial charge on any atom is 0.322 e. The molecular weight excluding hydrogens is 300 g/mol. The minimum Gasteiger partial charge on any atom is -0.480 e. The lowest BCUT2D eigenvalue weighted by Crippen LogP contribution is -2.50. The van der Waals surface area contributed by atoms with Gasteiger partial charge in [-0.2, -0.15) is 11.8 Å². The molecule has 2 N–H and O–H groups in total. The summed E-state index contributed by atoms with van der Waals surface area (Å²) in [6, 6.07) is 0. The molecular formula is C13H23ClN2O3S. The number of thioether (sulfide) groups is 1. The fourth-order valence-corrected chi connectivity index (χ4v) is 4.62. The van der Waals surface area contributed by atoms with E-state index in [-0.39, 0.29) is 24.9 Å². The number of hydrogen-bond acceptors (Lipinski definition) is 4. The molecule has 1 amide bonds. The van der Waals surface area contributed by atoms with Crippen molar-refractivity contribution in [2.45, 2.75) is 36.9 Å². The van der Waals surface area contributed by atoms with Crippen LogP contribution in [-0.4, -0.2) is 58.6 Å². The van der Waals surface area contributed by atoms with Crippen LogP contribution in [0.2, 0.25) is 0 Å². The van der Waals surface area contributed by atoms with E-state index in [1.807, 2.05) is 0 Å². The number of carboxylic acids is 1. The van der Waals surface area contributed by atoms with Crippen molar-refractivity contribution in [1.29, 1.82) is 0 Å². The molecule has 1 aliphatic carbocycles. The summed E-state index contributed by atoms with van der Waals surface area (Å²) in [4.78, 5) is 24.3. The number of nitrogens with one attached hydrogen (secondary N) is 1. The summed E-state index contributed by atoms with van der Waals surface area (Å²) in [6.45, 7) is 1.94. The number of amides is 1. The quantitative estimate of drug-likeness (QED) is 0.818. The summed E-state index contributed by atoms with van der Waals surface area (Å²) >= 11 is 2.07. The first kappa shape index (κ1) is 17.6. The van der Waals surface area contributed by atoms with Crippen LogP contribution >= 0.6 is 24.2 Å². The van der Waals surface area contributed by atoms with Gasteiger partial charge in [-0.05, 0) is 12.8 Å². The molecule has 2 rings (SSSR count). The summed E-state index contributed by atoms with van der Waals surface area (Å²) < 4.78 is 0.351. The molecule has 1 aliphatic heterocycles. The Balaban J connectivity index is 0.00000200. The van der Waals surface area contributed by atoms with Gasteiger partial charge in [0.1, 0.15) is 6.54 Å². The number of carboxylic acid groups (broad SMARTS) is 1. The van der Waals surface area contributed by atoms with Gasteiger partial charge in [0.15, 0.2) is 0 Å². The van der Waals surface area contributed by atoms with Crippen molar-refractivity contribution in [2.24, 2.45) is 0 Å². The van der Waals surface area contributed by atoms with Crippen LogP contribution in [0, 0.1) is 0 Å². The van der Waals surface area contributed by atoms with Gasteiger partial charge in [-0.1, -0.05) is 19.3 Å². The summed E-state index contributed by atoms with van der Waals surface area (Å²) in [5.74, 6) is -0.0989. The van der Waals surface area contributed by atoms with E-state index in [1.165, 1.54) is 32.1 Å². The Morgan fingerprint density at radius 2 is 1.95 bits per heavy atom. The van der Waals surface area contributed by atoms with Crippen LogP contribution in [-0.2, 0) is 9.59 Å². The minimum atomic E-state index is -0.994. The second kappa shape index (κ2) is 8.10. The Morgan fingerprint density at radius 3 is 2.60 bits per heavy atom. The highest BCUT2D eigenvalue weighted by molar-refractivity contribution is 8.00. The van der Waals surface area contributed by atoms with Crippen LogP contribution in [0.25, 0.3) is 0 Å². The van der Waals surface area contributed by atoms with Crippen molar-refractivity contribution in [2.75, 3.05) is 31.9 Å². The molecule has 0 atom stereocenters. The van der Waals surface area contributed by atoms with E-state index in [9.17, 15) is 9.59 Å². The lowest BCUT2D eigenvalue weighted by molar-refractivity contribution is -0.138. The van der Waals surface area contributed by atoms with Crippen molar-refractivity contribution in [3.63, 3.8) is 0 Å². The Kier molecular flexibility index (Phi) is 7.12. The topological polar surface area (TPSA) is 69.6 Å². The predicted octanol–water partition coefficient (Wildman–Crippen LogP) is 1.36. The van der Waals surface area contributed by atoms with Crippen LogP contribution in [0.4, 0.5) is 0 Å². The molecule has 2 aliphatic rings. The third-order valence-corrected chi connectivity index (χ3v) is 5.43. The van der Waals surface area contributed by atoms with Gasteiger partial charge >= 0.3 is 5.97 Å². The van der Waals surface area contributed by atoms with Gasteiger partial charge in [0, 0.05) is 23.6 Å². The average Bonchev–Trinajstić information content (AvgIpc) is 2.37. The van der Waals surface area contributed by atoms with Gasteiger partial charge in [-0.3, -0.25) is 14.5 Å². The largest absolute Gasteiger partial charge is 0.480 e. The zero-order valence-electron chi connectivity index (χ0n) is 11.6. The zero-order valence-corrected chi connectivity index (χ0v) is 13.2. The Hall–Kier alpha value is -0.460. The van der Waals surface area contributed by atoms with Gasteiger partial charge in [-0.15, -0.1) is 12.4 Å². The third kappa shape index (κ3) is 5.14. The SMILES string of the molecule is Cl.O=C(O)CNC(=O)CN1CCSC2(CCCCC2)C1. The standard InChI is InChI=1S/C13H22N2O3S.ClH/c16-11(14-8-12(17)18)9-15-6-7-19-13(10-15)4-2-1-3-5-13;/h1-10H2,(H,14,16)(H,17,18);1H. The van der Waals surface area contributed by atoms with Crippen molar-refractivity contribution in [1.82, 2.24) is 10.2 Å². The molecule has 2 fully saturated rings. The van der Waals surface area contributed by atoms with Crippen LogP contribution in [0.3, 0.4) is 0 Å². The first-order valence-electron chi connectivity index (χ1n) is 6.94.